The number of likely N-dealkylation sites (tertiary alicyclic amines) is 1. The van der Waals surface area contributed by atoms with Crippen molar-refractivity contribution in [1.82, 2.24) is 4.90 Å². The summed E-state index contributed by atoms with van der Waals surface area (Å²) in [4.78, 5) is 39.7. The van der Waals surface area contributed by atoms with Gasteiger partial charge in [0.1, 0.15) is 5.54 Å². The van der Waals surface area contributed by atoms with Crippen LogP contribution in [-0.2, 0) is 16.5 Å². The number of rotatable bonds is 4. The third-order valence-corrected chi connectivity index (χ3v) is 6.85. The number of anilines is 1. The van der Waals surface area contributed by atoms with E-state index in [1.807, 2.05) is 0 Å². The van der Waals surface area contributed by atoms with Crippen LogP contribution >= 0.6 is 0 Å². The minimum atomic E-state index is -4.73. The second-order valence-corrected chi connectivity index (χ2v) is 8.60. The molecule has 3 atom stereocenters. The Morgan fingerprint density at radius 1 is 1.20 bits per heavy atom. The van der Waals surface area contributed by atoms with Gasteiger partial charge in [0.15, 0.2) is 5.76 Å². The quantitative estimate of drug-likeness (QED) is 0.329. The summed E-state index contributed by atoms with van der Waals surface area (Å²) >= 11 is 0. The van der Waals surface area contributed by atoms with Crippen LogP contribution in [0.4, 0.5) is 24.5 Å². The Bertz CT molecular complexity index is 1350. The lowest BCUT2D eigenvalue weighted by atomic mass is 9.71. The number of Topliss-reactive ketones (excluding diaryl/α,β-unsaturated/α-hetero) is 1. The number of non-ortho nitro benzene ring substituents is 1. The van der Waals surface area contributed by atoms with Gasteiger partial charge < -0.3 is 9.73 Å². The van der Waals surface area contributed by atoms with Gasteiger partial charge in [-0.25, -0.2) is 0 Å². The minimum Gasteiger partial charge on any atom is -0.461 e. The summed E-state index contributed by atoms with van der Waals surface area (Å²) in [5, 5.41) is 13.7. The monoisotopic (exact) mass is 485 g/mol. The van der Waals surface area contributed by atoms with E-state index in [0.717, 1.165) is 6.07 Å². The summed E-state index contributed by atoms with van der Waals surface area (Å²) in [6.07, 6.45) is -3.45. The predicted octanol–water partition coefficient (Wildman–Crippen LogP) is 4.58. The van der Waals surface area contributed by atoms with Gasteiger partial charge in [-0.15, -0.1) is 0 Å². The second kappa shape index (κ2) is 7.77. The van der Waals surface area contributed by atoms with Gasteiger partial charge in [0, 0.05) is 30.2 Å². The smallest absolute Gasteiger partial charge is 0.418 e. The van der Waals surface area contributed by atoms with Crippen LogP contribution in [0.1, 0.15) is 33.2 Å². The van der Waals surface area contributed by atoms with E-state index in [0.29, 0.717) is 5.56 Å². The fourth-order valence-corrected chi connectivity index (χ4v) is 5.44. The van der Waals surface area contributed by atoms with Gasteiger partial charge in [0.05, 0.1) is 28.4 Å². The fraction of sp³-hybridized carbons (Fsp3) is 0.250. The highest BCUT2D eigenvalue weighted by molar-refractivity contribution is 6.12. The van der Waals surface area contributed by atoms with Gasteiger partial charge in [-0.3, -0.25) is 24.6 Å². The van der Waals surface area contributed by atoms with Crippen LogP contribution in [-0.4, -0.2) is 35.1 Å². The molecule has 2 aromatic carbocycles. The molecule has 0 radical (unpaired) electrons. The summed E-state index contributed by atoms with van der Waals surface area (Å²) < 4.78 is 46.6. The Labute approximate surface area is 196 Å². The molecule has 0 unspecified atom stereocenters. The molecular formula is C24H18F3N3O5. The number of fused-ring (bicyclic) bond motifs is 2. The maximum Gasteiger partial charge on any atom is 0.418 e. The molecule has 0 saturated carbocycles. The molecule has 1 spiro atoms. The standard InChI is InChI=1S/C24H18F3N3O5/c1-29-12-15(13-5-2-6-14(11-13)30(33)34)19(21(31)18-9-4-10-35-18)23(29)16-7-3-8-17(24(25,26)27)20(16)28-22(23)32/h2-11,15,19H,12H2,1H3,(H,28,32)/t15-,19+,23+/m0/s1. The average molecular weight is 485 g/mol. The molecule has 8 nitrogen and oxygen atoms in total. The summed E-state index contributed by atoms with van der Waals surface area (Å²) in [5.41, 5.74) is -2.95. The lowest BCUT2D eigenvalue weighted by Gasteiger charge is -2.35. The van der Waals surface area contributed by atoms with Gasteiger partial charge in [-0.2, -0.15) is 13.2 Å². The second-order valence-electron chi connectivity index (χ2n) is 8.60. The van der Waals surface area contributed by atoms with Crippen LogP contribution in [0.5, 0.6) is 0 Å². The third kappa shape index (κ3) is 3.26. The van der Waals surface area contributed by atoms with Gasteiger partial charge in [0.25, 0.3) is 5.69 Å². The molecule has 35 heavy (non-hydrogen) atoms. The Hall–Kier alpha value is -3.99. The molecule has 180 valence electrons. The SMILES string of the molecule is CN1C[C@@H](c2cccc([N+](=O)[O-])c2)[C@H](C(=O)c2ccco2)[C@]12C(=O)Nc1c(C(F)(F)F)cccc12. The first-order valence-corrected chi connectivity index (χ1v) is 10.6. The van der Waals surface area contributed by atoms with Crippen molar-refractivity contribution in [3.63, 3.8) is 0 Å². The normalized spacial score (nSPS) is 23.9. The van der Waals surface area contributed by atoms with Crippen molar-refractivity contribution >= 4 is 23.1 Å². The van der Waals surface area contributed by atoms with Crippen LogP contribution in [0.2, 0.25) is 0 Å². The van der Waals surface area contributed by atoms with Crippen LogP contribution in [0.25, 0.3) is 0 Å². The number of para-hydroxylation sites is 1. The summed E-state index contributed by atoms with van der Waals surface area (Å²) in [7, 11) is 1.55. The molecule has 1 saturated heterocycles. The van der Waals surface area contributed by atoms with Crippen molar-refractivity contribution in [1.29, 1.82) is 0 Å². The zero-order valence-corrected chi connectivity index (χ0v) is 18.2. The number of benzene rings is 2. The van der Waals surface area contributed by atoms with Gasteiger partial charge >= 0.3 is 6.18 Å². The van der Waals surface area contributed by atoms with Crippen molar-refractivity contribution in [2.75, 3.05) is 18.9 Å². The van der Waals surface area contributed by atoms with E-state index < -0.39 is 51.4 Å². The molecule has 0 bridgehead atoms. The number of furan rings is 1. The van der Waals surface area contributed by atoms with Crippen LogP contribution in [0.15, 0.2) is 65.3 Å². The zero-order chi connectivity index (χ0) is 25.1. The number of carbonyl (C=O) groups is 2. The molecule has 5 rings (SSSR count). The highest BCUT2D eigenvalue weighted by Gasteiger charge is 2.65. The van der Waals surface area contributed by atoms with Crippen molar-refractivity contribution in [2.45, 2.75) is 17.6 Å². The molecule has 3 heterocycles. The Morgan fingerprint density at radius 2 is 1.94 bits per heavy atom. The minimum absolute atomic E-state index is 0.0256. The van der Waals surface area contributed by atoms with E-state index in [1.165, 1.54) is 48.7 Å². The fourth-order valence-electron chi connectivity index (χ4n) is 5.44. The van der Waals surface area contributed by atoms with E-state index in [1.54, 1.807) is 18.0 Å². The molecule has 1 fully saturated rings. The molecule has 11 heteroatoms. The Balaban J connectivity index is 1.75. The molecule has 1 amide bonds. The highest BCUT2D eigenvalue weighted by atomic mass is 19.4. The zero-order valence-electron chi connectivity index (χ0n) is 18.2. The third-order valence-electron chi connectivity index (χ3n) is 6.85. The Kier molecular flexibility index (Phi) is 5.06. The molecule has 0 aliphatic carbocycles. The van der Waals surface area contributed by atoms with Crippen LogP contribution in [0, 0.1) is 16.0 Å². The molecular weight excluding hydrogens is 467 g/mol. The molecule has 3 aromatic rings. The first-order valence-electron chi connectivity index (χ1n) is 10.6. The first-order chi connectivity index (χ1) is 16.6. The van der Waals surface area contributed by atoms with Crippen molar-refractivity contribution < 1.29 is 32.1 Å². The number of ketones is 1. The highest BCUT2D eigenvalue weighted by Crippen LogP contribution is 2.57. The number of hydrogen-bond acceptors (Lipinski definition) is 6. The van der Waals surface area contributed by atoms with Gasteiger partial charge in [0.2, 0.25) is 11.7 Å². The van der Waals surface area contributed by atoms with Gasteiger partial charge in [-0.1, -0.05) is 24.3 Å². The van der Waals surface area contributed by atoms with Crippen LogP contribution in [0.3, 0.4) is 0 Å². The number of halogens is 3. The Morgan fingerprint density at radius 3 is 2.60 bits per heavy atom. The number of carbonyl (C=O) groups excluding carboxylic acids is 2. The topological polar surface area (TPSA) is 106 Å². The van der Waals surface area contributed by atoms with E-state index in [9.17, 15) is 32.9 Å². The van der Waals surface area contributed by atoms with E-state index in [-0.39, 0.29) is 23.6 Å². The van der Waals surface area contributed by atoms with Gasteiger partial charge in [-0.05, 0) is 30.8 Å². The number of nitrogens with zero attached hydrogens (tertiary/aromatic N) is 2. The average Bonchev–Trinajstić information content (AvgIpc) is 3.51. The maximum atomic E-state index is 13.8. The number of nitro benzene ring substituents is 1. The van der Waals surface area contributed by atoms with Crippen LogP contribution < -0.4 is 5.32 Å². The molecule has 1 aromatic heterocycles. The molecule has 2 aliphatic heterocycles. The number of hydrogen-bond donors (Lipinski definition) is 1. The maximum absolute atomic E-state index is 13.8. The number of nitrogens with one attached hydrogen (secondary N) is 1. The lowest BCUT2D eigenvalue weighted by Crippen LogP contribution is -2.51. The number of likely N-dealkylation sites (N-methyl/N-ethyl adjacent to an activating group) is 1. The summed E-state index contributed by atoms with van der Waals surface area (Å²) in [6, 6.07) is 12.1. The molecule has 1 N–H and O–H groups in total. The predicted molar refractivity (Wildman–Crippen MR) is 117 cm³/mol. The van der Waals surface area contributed by atoms with Crippen molar-refractivity contribution in [2.24, 2.45) is 5.92 Å². The number of alkyl halides is 3. The van der Waals surface area contributed by atoms with Crippen molar-refractivity contribution in [3.05, 3.63) is 93.4 Å². The van der Waals surface area contributed by atoms with Crippen molar-refractivity contribution in [3.8, 4) is 0 Å². The van der Waals surface area contributed by atoms with E-state index in [2.05, 4.69) is 5.32 Å². The first kappa shape index (κ1) is 22.8. The number of amides is 1. The lowest BCUT2D eigenvalue weighted by molar-refractivity contribution is -0.384. The summed E-state index contributed by atoms with van der Waals surface area (Å²) in [6.45, 7) is 0.0847. The largest absolute Gasteiger partial charge is 0.461 e. The van der Waals surface area contributed by atoms with E-state index >= 15 is 0 Å². The van der Waals surface area contributed by atoms with E-state index in [4.69, 9.17) is 4.42 Å². The number of nitro groups is 1. The molecule has 2 aliphatic rings. The summed E-state index contributed by atoms with van der Waals surface area (Å²) in [5.74, 6) is -3.39.